The lowest BCUT2D eigenvalue weighted by Gasteiger charge is -2.38. The van der Waals surface area contributed by atoms with E-state index in [1.165, 1.54) is 5.56 Å². The molecule has 0 spiro atoms. The lowest BCUT2D eigenvalue weighted by molar-refractivity contribution is 0.189. The predicted octanol–water partition coefficient (Wildman–Crippen LogP) is 2.31. The van der Waals surface area contributed by atoms with Gasteiger partial charge >= 0.3 is 0 Å². The van der Waals surface area contributed by atoms with E-state index in [4.69, 9.17) is 4.74 Å². The van der Waals surface area contributed by atoms with Crippen molar-refractivity contribution in [3.8, 4) is 11.8 Å². The third kappa shape index (κ3) is 1.79. The maximum atomic E-state index is 9.59. The molecular formula is C14H18N2O. The van der Waals surface area contributed by atoms with Crippen LogP contribution in [0.4, 0.5) is 0 Å². The van der Waals surface area contributed by atoms with Crippen LogP contribution in [0.15, 0.2) is 18.2 Å². The van der Waals surface area contributed by atoms with Crippen molar-refractivity contribution in [3.05, 3.63) is 29.3 Å². The van der Waals surface area contributed by atoms with Crippen molar-refractivity contribution >= 4 is 0 Å². The first-order valence-corrected chi connectivity index (χ1v) is 5.90. The molecule has 0 aromatic heterocycles. The molecule has 1 aliphatic rings. The van der Waals surface area contributed by atoms with Gasteiger partial charge < -0.3 is 4.74 Å². The Morgan fingerprint density at radius 2 is 2.18 bits per heavy atom. The summed E-state index contributed by atoms with van der Waals surface area (Å²) in [6.07, 6.45) is 3.00. The fourth-order valence-corrected chi connectivity index (χ4v) is 2.64. The van der Waals surface area contributed by atoms with Gasteiger partial charge in [-0.1, -0.05) is 6.07 Å². The molecule has 0 heterocycles. The SMILES string of the molecule is COc1ccc2c(c1)C(C#N)(N(C)C)CCC2. The summed E-state index contributed by atoms with van der Waals surface area (Å²) in [4.78, 5) is 2.02. The molecule has 0 amide bonds. The van der Waals surface area contributed by atoms with Gasteiger partial charge in [-0.25, -0.2) is 0 Å². The Morgan fingerprint density at radius 1 is 1.41 bits per heavy atom. The van der Waals surface area contributed by atoms with Crippen molar-refractivity contribution in [1.29, 1.82) is 5.26 Å². The van der Waals surface area contributed by atoms with Crippen molar-refractivity contribution in [3.63, 3.8) is 0 Å². The Bertz CT molecular complexity index is 462. The molecule has 0 saturated carbocycles. The minimum Gasteiger partial charge on any atom is -0.497 e. The molecular weight excluding hydrogens is 212 g/mol. The number of fused-ring (bicyclic) bond motifs is 1. The molecule has 0 N–H and O–H groups in total. The normalized spacial score (nSPS) is 23.0. The van der Waals surface area contributed by atoms with E-state index in [-0.39, 0.29) is 0 Å². The second kappa shape index (κ2) is 4.38. The summed E-state index contributed by atoms with van der Waals surface area (Å²) >= 11 is 0. The maximum Gasteiger partial charge on any atom is 0.134 e. The molecule has 1 aromatic carbocycles. The second-order valence-corrected chi connectivity index (χ2v) is 4.74. The first-order chi connectivity index (χ1) is 8.14. The third-order valence-corrected chi connectivity index (χ3v) is 3.70. The molecule has 0 bridgehead atoms. The lowest BCUT2D eigenvalue weighted by Crippen LogP contribution is -2.42. The van der Waals surface area contributed by atoms with Gasteiger partial charge in [0.15, 0.2) is 0 Å². The molecule has 0 aliphatic heterocycles. The van der Waals surface area contributed by atoms with Gasteiger partial charge in [0.1, 0.15) is 11.3 Å². The monoisotopic (exact) mass is 230 g/mol. The molecule has 3 heteroatoms. The van der Waals surface area contributed by atoms with Gasteiger partial charge in [0.25, 0.3) is 0 Å². The van der Waals surface area contributed by atoms with E-state index < -0.39 is 5.54 Å². The summed E-state index contributed by atoms with van der Waals surface area (Å²) in [7, 11) is 5.60. The number of benzene rings is 1. The molecule has 2 rings (SSSR count). The zero-order chi connectivity index (χ0) is 12.5. The number of ether oxygens (including phenoxy) is 1. The Balaban J connectivity index is 2.60. The Labute approximate surface area is 103 Å². The van der Waals surface area contributed by atoms with Crippen molar-refractivity contribution in [2.24, 2.45) is 0 Å². The molecule has 17 heavy (non-hydrogen) atoms. The molecule has 1 aliphatic carbocycles. The van der Waals surface area contributed by atoms with Gasteiger partial charge in [0, 0.05) is 0 Å². The molecule has 0 radical (unpaired) electrons. The summed E-state index contributed by atoms with van der Waals surface area (Å²) in [5, 5.41) is 9.59. The third-order valence-electron chi connectivity index (χ3n) is 3.70. The molecule has 1 aromatic rings. The highest BCUT2D eigenvalue weighted by atomic mass is 16.5. The number of rotatable bonds is 2. The van der Waals surface area contributed by atoms with Crippen molar-refractivity contribution in [1.82, 2.24) is 4.90 Å². The minimum atomic E-state index is -0.498. The van der Waals surface area contributed by atoms with E-state index in [0.29, 0.717) is 0 Å². The van der Waals surface area contributed by atoms with E-state index in [9.17, 15) is 5.26 Å². The first-order valence-electron chi connectivity index (χ1n) is 5.90. The van der Waals surface area contributed by atoms with Crippen LogP contribution in [0, 0.1) is 11.3 Å². The number of hydrogen-bond acceptors (Lipinski definition) is 3. The Kier molecular flexibility index (Phi) is 3.08. The average Bonchev–Trinajstić information content (AvgIpc) is 2.37. The van der Waals surface area contributed by atoms with E-state index in [1.54, 1.807) is 7.11 Å². The Morgan fingerprint density at radius 3 is 2.76 bits per heavy atom. The van der Waals surface area contributed by atoms with Crippen LogP contribution in [-0.2, 0) is 12.0 Å². The molecule has 0 saturated heterocycles. The van der Waals surface area contributed by atoms with E-state index in [0.717, 1.165) is 30.6 Å². The standard InChI is InChI=1S/C14H18N2O/c1-16(2)14(10-15)8-4-5-11-6-7-12(17-3)9-13(11)14/h6-7,9H,4-5,8H2,1-3H3. The number of aryl methyl sites for hydroxylation is 1. The van der Waals surface area contributed by atoms with Crippen LogP contribution in [-0.4, -0.2) is 26.1 Å². The van der Waals surface area contributed by atoms with Crippen LogP contribution >= 0.6 is 0 Å². The molecule has 0 fully saturated rings. The number of nitriles is 1. The largest absolute Gasteiger partial charge is 0.497 e. The van der Waals surface area contributed by atoms with E-state index >= 15 is 0 Å². The minimum absolute atomic E-state index is 0.498. The molecule has 1 unspecified atom stereocenters. The number of nitrogens with zero attached hydrogens (tertiary/aromatic N) is 2. The summed E-state index contributed by atoms with van der Waals surface area (Å²) in [5.74, 6) is 0.826. The number of hydrogen-bond donors (Lipinski definition) is 0. The summed E-state index contributed by atoms with van der Waals surface area (Å²) in [5.41, 5.74) is 1.88. The van der Waals surface area contributed by atoms with E-state index in [1.807, 2.05) is 31.1 Å². The number of methoxy groups -OCH3 is 1. The summed E-state index contributed by atoms with van der Waals surface area (Å²) in [6.45, 7) is 0. The van der Waals surface area contributed by atoms with Crippen LogP contribution in [0.25, 0.3) is 0 Å². The van der Waals surface area contributed by atoms with Crippen LogP contribution in [0.2, 0.25) is 0 Å². The van der Waals surface area contributed by atoms with Crippen molar-refractivity contribution < 1.29 is 4.74 Å². The van der Waals surface area contributed by atoms with Gasteiger partial charge in [-0.2, -0.15) is 5.26 Å². The second-order valence-electron chi connectivity index (χ2n) is 4.74. The lowest BCUT2D eigenvalue weighted by atomic mass is 9.76. The summed E-state index contributed by atoms with van der Waals surface area (Å²) in [6, 6.07) is 8.57. The van der Waals surface area contributed by atoms with Crippen molar-refractivity contribution in [2.45, 2.75) is 24.8 Å². The fourth-order valence-electron chi connectivity index (χ4n) is 2.64. The zero-order valence-electron chi connectivity index (χ0n) is 10.7. The maximum absolute atomic E-state index is 9.59. The fraction of sp³-hybridized carbons (Fsp3) is 0.500. The highest BCUT2D eigenvalue weighted by Crippen LogP contribution is 2.40. The molecule has 3 nitrogen and oxygen atoms in total. The molecule has 1 atom stereocenters. The molecule has 90 valence electrons. The zero-order valence-corrected chi connectivity index (χ0v) is 10.7. The smallest absolute Gasteiger partial charge is 0.134 e. The Hall–Kier alpha value is -1.53. The van der Waals surface area contributed by atoms with Crippen LogP contribution in [0.5, 0.6) is 5.75 Å². The highest BCUT2D eigenvalue weighted by Gasteiger charge is 2.39. The first kappa shape index (κ1) is 11.9. The topological polar surface area (TPSA) is 36.3 Å². The van der Waals surface area contributed by atoms with Gasteiger partial charge in [0.2, 0.25) is 0 Å². The van der Waals surface area contributed by atoms with Crippen LogP contribution in [0.3, 0.4) is 0 Å². The average molecular weight is 230 g/mol. The van der Waals surface area contributed by atoms with Gasteiger partial charge in [-0.3, -0.25) is 4.90 Å². The van der Waals surface area contributed by atoms with Crippen molar-refractivity contribution in [2.75, 3.05) is 21.2 Å². The van der Waals surface area contributed by atoms with Crippen LogP contribution < -0.4 is 4.74 Å². The van der Waals surface area contributed by atoms with Gasteiger partial charge in [-0.15, -0.1) is 0 Å². The van der Waals surface area contributed by atoms with Gasteiger partial charge in [-0.05, 0) is 56.6 Å². The van der Waals surface area contributed by atoms with E-state index in [2.05, 4.69) is 12.1 Å². The highest BCUT2D eigenvalue weighted by molar-refractivity contribution is 5.45. The quantitative estimate of drug-likeness (QED) is 0.782. The summed E-state index contributed by atoms with van der Waals surface area (Å²) < 4.78 is 5.27. The predicted molar refractivity (Wildman–Crippen MR) is 66.9 cm³/mol. The van der Waals surface area contributed by atoms with Gasteiger partial charge in [0.05, 0.1) is 13.2 Å². The van der Waals surface area contributed by atoms with Crippen LogP contribution in [0.1, 0.15) is 24.0 Å².